The standard InChI is InChI=1S/C50H31BN2OS/c1-4-16-33(17-5-1)52(34-18-6-2-7-19-34)43-31-47-48(38-24-13-12-23-37(38)43)39-29-45-40(30-46(39)55-47)51-49-36-22-11-10-15-32(36)27-28-42(49)53(35-20-8-3-9-21-35)41-25-14-26-44(54-45)50(41)51/h1-31H. The number of hydrogen-bond donors (Lipinski definition) is 0. The number of hydrogen-bond acceptors (Lipinski definition) is 4. The van der Waals surface area contributed by atoms with Crippen molar-refractivity contribution in [2.24, 2.45) is 0 Å². The Morgan fingerprint density at radius 1 is 0.473 bits per heavy atom. The first kappa shape index (κ1) is 30.6. The Hall–Kier alpha value is -6.82. The topological polar surface area (TPSA) is 15.7 Å². The molecular formula is C50H31BN2OS. The minimum absolute atomic E-state index is 0.00424. The first-order valence-electron chi connectivity index (χ1n) is 18.8. The van der Waals surface area contributed by atoms with Gasteiger partial charge in [0.25, 0.3) is 6.71 Å². The Balaban J connectivity index is 1.13. The van der Waals surface area contributed by atoms with E-state index in [1.54, 1.807) is 0 Å². The maximum Gasteiger partial charge on any atom is 0.257 e. The lowest BCUT2D eigenvalue weighted by Crippen LogP contribution is -2.59. The highest BCUT2D eigenvalue weighted by Gasteiger charge is 2.43. The second-order valence-corrected chi connectivity index (χ2v) is 15.5. The average molecular weight is 719 g/mol. The summed E-state index contributed by atoms with van der Waals surface area (Å²) in [7, 11) is 0. The molecule has 0 spiro atoms. The molecule has 0 saturated heterocycles. The van der Waals surface area contributed by atoms with Gasteiger partial charge in [-0.25, -0.2) is 0 Å². The largest absolute Gasteiger partial charge is 0.458 e. The molecule has 2 aliphatic rings. The minimum Gasteiger partial charge on any atom is -0.458 e. The number of benzene rings is 9. The predicted octanol–water partition coefficient (Wildman–Crippen LogP) is 12.2. The zero-order chi connectivity index (χ0) is 36.0. The van der Waals surface area contributed by atoms with E-state index in [1.165, 1.54) is 69.5 Å². The quantitative estimate of drug-likeness (QED) is 0.169. The molecule has 0 amide bonds. The Morgan fingerprint density at radius 2 is 1.13 bits per heavy atom. The summed E-state index contributed by atoms with van der Waals surface area (Å²) in [4.78, 5) is 4.81. The average Bonchev–Trinajstić information content (AvgIpc) is 3.61. The zero-order valence-electron chi connectivity index (χ0n) is 29.7. The Bertz CT molecular complexity index is 3110. The van der Waals surface area contributed by atoms with Crippen molar-refractivity contribution in [1.82, 2.24) is 0 Å². The van der Waals surface area contributed by atoms with Crippen LogP contribution in [0.5, 0.6) is 11.5 Å². The summed E-state index contributed by atoms with van der Waals surface area (Å²) in [6.45, 7) is 0.00424. The maximum atomic E-state index is 7.02. The van der Waals surface area contributed by atoms with Gasteiger partial charge in [-0.15, -0.1) is 11.3 Å². The molecule has 0 fully saturated rings. The number of nitrogens with zero attached hydrogens (tertiary/aromatic N) is 2. The van der Waals surface area contributed by atoms with Crippen LogP contribution in [0.1, 0.15) is 0 Å². The van der Waals surface area contributed by atoms with Crippen LogP contribution in [0.15, 0.2) is 188 Å². The van der Waals surface area contributed by atoms with Crippen LogP contribution in [0.3, 0.4) is 0 Å². The van der Waals surface area contributed by atoms with Gasteiger partial charge in [-0.1, -0.05) is 115 Å². The van der Waals surface area contributed by atoms with E-state index in [1.807, 2.05) is 11.3 Å². The van der Waals surface area contributed by atoms with Crippen LogP contribution in [0.2, 0.25) is 0 Å². The molecule has 3 nitrogen and oxygen atoms in total. The third kappa shape index (κ3) is 4.51. The molecule has 12 rings (SSSR count). The lowest BCUT2D eigenvalue weighted by atomic mass is 9.33. The molecule has 256 valence electrons. The molecule has 0 saturated carbocycles. The zero-order valence-corrected chi connectivity index (χ0v) is 30.5. The molecule has 9 aromatic carbocycles. The molecule has 0 radical (unpaired) electrons. The number of thiophene rings is 1. The van der Waals surface area contributed by atoms with Gasteiger partial charge in [-0.2, -0.15) is 0 Å². The first-order valence-corrected chi connectivity index (χ1v) is 19.6. The number of rotatable bonds is 4. The second-order valence-electron chi connectivity index (χ2n) is 14.4. The number of para-hydroxylation sites is 3. The highest BCUT2D eigenvalue weighted by Crippen LogP contribution is 2.48. The maximum absolute atomic E-state index is 7.02. The van der Waals surface area contributed by atoms with Gasteiger partial charge in [0, 0.05) is 54.0 Å². The van der Waals surface area contributed by atoms with Gasteiger partial charge in [-0.05, 0) is 105 Å². The van der Waals surface area contributed by atoms with E-state index >= 15 is 0 Å². The molecule has 5 heteroatoms. The summed E-state index contributed by atoms with van der Waals surface area (Å²) in [5, 5.41) is 7.47. The van der Waals surface area contributed by atoms with Crippen LogP contribution in [-0.2, 0) is 0 Å². The lowest BCUT2D eigenvalue weighted by Gasteiger charge is -2.40. The molecule has 0 N–H and O–H groups in total. The van der Waals surface area contributed by atoms with Gasteiger partial charge in [-0.3, -0.25) is 0 Å². The number of fused-ring (bicyclic) bond motifs is 11. The minimum atomic E-state index is 0.00424. The van der Waals surface area contributed by atoms with Crippen molar-refractivity contribution in [3.63, 3.8) is 0 Å². The van der Waals surface area contributed by atoms with Crippen LogP contribution in [0.4, 0.5) is 34.1 Å². The molecule has 0 atom stereocenters. The highest BCUT2D eigenvalue weighted by molar-refractivity contribution is 7.26. The molecule has 0 aliphatic carbocycles. The van der Waals surface area contributed by atoms with E-state index in [2.05, 4.69) is 198 Å². The molecule has 0 bridgehead atoms. The highest BCUT2D eigenvalue weighted by atomic mass is 32.1. The van der Waals surface area contributed by atoms with Crippen LogP contribution < -0.4 is 30.9 Å². The molecule has 10 aromatic rings. The fraction of sp³-hybridized carbons (Fsp3) is 0. The van der Waals surface area contributed by atoms with Crippen LogP contribution >= 0.6 is 11.3 Å². The van der Waals surface area contributed by atoms with Crippen molar-refractivity contribution in [2.75, 3.05) is 9.80 Å². The molecular weight excluding hydrogens is 687 g/mol. The molecule has 3 heterocycles. The van der Waals surface area contributed by atoms with Gasteiger partial charge >= 0.3 is 0 Å². The summed E-state index contributed by atoms with van der Waals surface area (Å²) in [5.41, 5.74) is 10.7. The normalized spacial score (nSPS) is 12.8. The van der Waals surface area contributed by atoms with Crippen LogP contribution in [0, 0.1) is 0 Å². The SMILES string of the molecule is c1ccc(N2c3cccc4c3B(c3cc5sc6cc(N(c7ccccc7)c7ccccc7)c7ccccc7c6c5cc3O4)c3c2ccc2ccccc32)cc1. The van der Waals surface area contributed by atoms with Crippen molar-refractivity contribution in [2.45, 2.75) is 0 Å². The predicted molar refractivity (Wildman–Crippen MR) is 235 cm³/mol. The van der Waals surface area contributed by atoms with Crippen molar-refractivity contribution in [3.05, 3.63) is 188 Å². The van der Waals surface area contributed by atoms with Gasteiger partial charge in [0.2, 0.25) is 0 Å². The summed E-state index contributed by atoms with van der Waals surface area (Å²) in [5.74, 6) is 1.85. The Morgan fingerprint density at radius 3 is 1.89 bits per heavy atom. The first-order chi connectivity index (χ1) is 27.3. The van der Waals surface area contributed by atoms with Gasteiger partial charge in [0.15, 0.2) is 0 Å². The number of anilines is 6. The van der Waals surface area contributed by atoms with Crippen LogP contribution in [0.25, 0.3) is 41.7 Å². The van der Waals surface area contributed by atoms with E-state index in [0.29, 0.717) is 0 Å². The van der Waals surface area contributed by atoms with E-state index in [0.717, 1.165) is 34.2 Å². The molecule has 1 aromatic heterocycles. The second kappa shape index (κ2) is 11.8. The van der Waals surface area contributed by atoms with Gasteiger partial charge in [0.1, 0.15) is 11.5 Å². The molecule has 0 unspecified atom stereocenters. The van der Waals surface area contributed by atoms with Gasteiger partial charge in [0.05, 0.1) is 5.69 Å². The van der Waals surface area contributed by atoms with Crippen molar-refractivity contribution < 1.29 is 4.74 Å². The van der Waals surface area contributed by atoms with E-state index < -0.39 is 0 Å². The summed E-state index contributed by atoms with van der Waals surface area (Å²) in [6.07, 6.45) is 0. The Kier molecular flexibility index (Phi) is 6.60. The summed E-state index contributed by atoms with van der Waals surface area (Å²) in [6, 6.07) is 68.1. The third-order valence-corrected chi connectivity index (χ3v) is 12.6. The molecule has 55 heavy (non-hydrogen) atoms. The number of ether oxygens (including phenoxy) is 1. The van der Waals surface area contributed by atoms with Crippen molar-refractivity contribution >= 4 is 110 Å². The van der Waals surface area contributed by atoms with E-state index in [9.17, 15) is 0 Å². The third-order valence-electron chi connectivity index (χ3n) is 11.5. The van der Waals surface area contributed by atoms with Crippen molar-refractivity contribution in [1.29, 1.82) is 0 Å². The van der Waals surface area contributed by atoms with Crippen molar-refractivity contribution in [3.8, 4) is 11.5 Å². The lowest BCUT2D eigenvalue weighted by molar-refractivity contribution is 0.488. The Labute approximate surface area is 323 Å². The summed E-state index contributed by atoms with van der Waals surface area (Å²) >= 11 is 1.88. The van der Waals surface area contributed by atoms with Crippen LogP contribution in [-0.4, -0.2) is 6.71 Å². The monoisotopic (exact) mass is 718 g/mol. The summed E-state index contributed by atoms with van der Waals surface area (Å²) < 4.78 is 9.54. The fourth-order valence-electron chi connectivity index (χ4n) is 9.19. The van der Waals surface area contributed by atoms with Gasteiger partial charge < -0.3 is 14.5 Å². The fourth-order valence-corrected chi connectivity index (χ4v) is 10.4. The van der Waals surface area contributed by atoms with E-state index in [4.69, 9.17) is 4.74 Å². The molecule has 2 aliphatic heterocycles. The van der Waals surface area contributed by atoms with E-state index in [-0.39, 0.29) is 6.71 Å². The smallest absolute Gasteiger partial charge is 0.257 e.